The number of aromatic nitrogens is 2. The number of rotatable bonds is 4. The number of non-ortho nitro benzene ring substituents is 1. The van der Waals surface area contributed by atoms with Gasteiger partial charge in [0.2, 0.25) is 0 Å². The SMILES string of the molecule is Cc1nn(C)cc1[C@@H]1CC(c2ccccc2)=NN1c1ccc([N+](=O)[O-])cc1. The molecule has 4 rings (SSSR count). The van der Waals surface area contributed by atoms with Crippen LogP contribution >= 0.6 is 0 Å². The van der Waals surface area contributed by atoms with Gasteiger partial charge in [0.05, 0.1) is 28.1 Å². The molecule has 1 atom stereocenters. The van der Waals surface area contributed by atoms with Crippen LogP contribution in [0.5, 0.6) is 0 Å². The highest BCUT2D eigenvalue weighted by Crippen LogP contribution is 2.38. The summed E-state index contributed by atoms with van der Waals surface area (Å²) in [5.74, 6) is 0. The summed E-state index contributed by atoms with van der Waals surface area (Å²) in [4.78, 5) is 10.6. The summed E-state index contributed by atoms with van der Waals surface area (Å²) in [6, 6.07) is 16.6. The third kappa shape index (κ3) is 3.19. The van der Waals surface area contributed by atoms with Crippen molar-refractivity contribution in [3.63, 3.8) is 0 Å². The molecule has 2 aromatic carbocycles. The van der Waals surface area contributed by atoms with E-state index in [1.54, 1.807) is 16.8 Å². The fourth-order valence-corrected chi connectivity index (χ4v) is 3.47. The average Bonchev–Trinajstić information content (AvgIpc) is 3.25. The van der Waals surface area contributed by atoms with Gasteiger partial charge in [-0.15, -0.1) is 0 Å². The second-order valence-corrected chi connectivity index (χ2v) is 6.59. The van der Waals surface area contributed by atoms with Gasteiger partial charge in [-0.1, -0.05) is 30.3 Å². The Morgan fingerprint density at radius 1 is 1.11 bits per heavy atom. The maximum absolute atomic E-state index is 11.0. The molecule has 7 nitrogen and oxygen atoms in total. The van der Waals surface area contributed by atoms with E-state index in [1.807, 2.05) is 55.5 Å². The van der Waals surface area contributed by atoms with E-state index < -0.39 is 4.92 Å². The van der Waals surface area contributed by atoms with Gasteiger partial charge in [0.1, 0.15) is 0 Å². The Bertz CT molecular complexity index is 1010. The minimum atomic E-state index is -0.394. The van der Waals surface area contributed by atoms with Gasteiger partial charge in [-0.05, 0) is 24.6 Å². The molecule has 1 aromatic heterocycles. The molecule has 3 aromatic rings. The minimum absolute atomic E-state index is 0.00429. The lowest BCUT2D eigenvalue weighted by Crippen LogP contribution is -2.18. The maximum Gasteiger partial charge on any atom is 0.269 e. The van der Waals surface area contributed by atoms with E-state index in [0.717, 1.165) is 34.6 Å². The Morgan fingerprint density at radius 2 is 1.81 bits per heavy atom. The molecule has 1 aliphatic rings. The molecule has 0 amide bonds. The average molecular weight is 361 g/mol. The number of anilines is 1. The quantitative estimate of drug-likeness (QED) is 0.520. The molecule has 7 heteroatoms. The molecular formula is C20H19N5O2. The Kier molecular flexibility index (Phi) is 4.19. The molecule has 0 unspecified atom stereocenters. The van der Waals surface area contributed by atoms with Crippen molar-refractivity contribution in [1.82, 2.24) is 9.78 Å². The normalized spacial score (nSPS) is 16.4. The molecule has 0 aliphatic carbocycles. The first-order valence-corrected chi connectivity index (χ1v) is 8.69. The van der Waals surface area contributed by atoms with Gasteiger partial charge in [0.15, 0.2) is 0 Å². The summed E-state index contributed by atoms with van der Waals surface area (Å²) in [6.45, 7) is 1.99. The lowest BCUT2D eigenvalue weighted by Gasteiger charge is -2.23. The van der Waals surface area contributed by atoms with E-state index in [0.29, 0.717) is 0 Å². The number of nitrogens with zero attached hydrogens (tertiary/aromatic N) is 5. The van der Waals surface area contributed by atoms with Crippen molar-refractivity contribution in [2.45, 2.75) is 19.4 Å². The van der Waals surface area contributed by atoms with Crippen molar-refractivity contribution in [2.24, 2.45) is 12.1 Å². The van der Waals surface area contributed by atoms with Crippen molar-refractivity contribution in [1.29, 1.82) is 0 Å². The standard InChI is InChI=1S/C20H19N5O2/c1-14-18(13-23(2)21-14)20-12-19(15-6-4-3-5-7-15)22-24(20)16-8-10-17(11-9-16)25(26)27/h3-11,13,20H,12H2,1-2H3/t20-/m0/s1. The summed E-state index contributed by atoms with van der Waals surface area (Å²) in [5.41, 5.74) is 5.01. The second-order valence-electron chi connectivity index (χ2n) is 6.59. The van der Waals surface area contributed by atoms with Gasteiger partial charge in [-0.2, -0.15) is 10.2 Å². The summed E-state index contributed by atoms with van der Waals surface area (Å²) >= 11 is 0. The monoisotopic (exact) mass is 361 g/mol. The van der Waals surface area contributed by atoms with E-state index in [4.69, 9.17) is 5.10 Å². The van der Waals surface area contributed by atoms with Crippen LogP contribution in [0.1, 0.15) is 29.3 Å². The van der Waals surface area contributed by atoms with Crippen molar-refractivity contribution >= 4 is 17.1 Å². The molecule has 0 spiro atoms. The van der Waals surface area contributed by atoms with Crippen LogP contribution in [-0.2, 0) is 7.05 Å². The zero-order valence-electron chi connectivity index (χ0n) is 15.1. The highest BCUT2D eigenvalue weighted by molar-refractivity contribution is 6.03. The fraction of sp³-hybridized carbons (Fsp3) is 0.200. The minimum Gasteiger partial charge on any atom is -0.275 e. The number of hydrazone groups is 1. The first-order valence-electron chi connectivity index (χ1n) is 8.69. The first-order chi connectivity index (χ1) is 13.0. The van der Waals surface area contributed by atoms with Crippen LogP contribution in [-0.4, -0.2) is 20.4 Å². The Morgan fingerprint density at radius 3 is 2.41 bits per heavy atom. The number of benzene rings is 2. The van der Waals surface area contributed by atoms with Crippen LogP contribution < -0.4 is 5.01 Å². The molecule has 136 valence electrons. The van der Waals surface area contributed by atoms with Crippen LogP contribution in [0.15, 0.2) is 65.9 Å². The molecule has 2 heterocycles. The lowest BCUT2D eigenvalue weighted by molar-refractivity contribution is -0.384. The van der Waals surface area contributed by atoms with E-state index >= 15 is 0 Å². The van der Waals surface area contributed by atoms with Gasteiger partial charge < -0.3 is 0 Å². The van der Waals surface area contributed by atoms with Crippen molar-refractivity contribution in [3.8, 4) is 0 Å². The third-order valence-corrected chi connectivity index (χ3v) is 4.75. The Labute approximate surface area is 156 Å². The first kappa shape index (κ1) is 17.0. The van der Waals surface area contributed by atoms with E-state index in [9.17, 15) is 10.1 Å². The molecule has 0 saturated carbocycles. The number of hydrogen-bond donors (Lipinski definition) is 0. The van der Waals surface area contributed by atoms with Crippen molar-refractivity contribution in [3.05, 3.63) is 87.7 Å². The largest absolute Gasteiger partial charge is 0.275 e. The highest BCUT2D eigenvalue weighted by atomic mass is 16.6. The van der Waals surface area contributed by atoms with E-state index in [2.05, 4.69) is 5.10 Å². The second kappa shape index (κ2) is 6.68. The molecule has 27 heavy (non-hydrogen) atoms. The number of nitro groups is 1. The summed E-state index contributed by atoms with van der Waals surface area (Å²) in [6.07, 6.45) is 2.76. The predicted octanol–water partition coefficient (Wildman–Crippen LogP) is 3.99. The number of aryl methyl sites for hydroxylation is 2. The van der Waals surface area contributed by atoms with Gasteiger partial charge in [0.25, 0.3) is 5.69 Å². The van der Waals surface area contributed by atoms with Gasteiger partial charge in [-0.3, -0.25) is 19.8 Å². The van der Waals surface area contributed by atoms with E-state index in [1.165, 1.54) is 12.1 Å². The zero-order chi connectivity index (χ0) is 19.0. The van der Waals surface area contributed by atoms with Gasteiger partial charge in [-0.25, -0.2) is 0 Å². The third-order valence-electron chi connectivity index (χ3n) is 4.75. The van der Waals surface area contributed by atoms with Gasteiger partial charge >= 0.3 is 0 Å². The Balaban J connectivity index is 1.76. The van der Waals surface area contributed by atoms with Crippen molar-refractivity contribution < 1.29 is 4.92 Å². The van der Waals surface area contributed by atoms with Crippen LogP contribution in [0.3, 0.4) is 0 Å². The summed E-state index contributed by atoms with van der Waals surface area (Å²) in [5, 5.41) is 22.2. The van der Waals surface area contributed by atoms with Crippen LogP contribution in [0.2, 0.25) is 0 Å². The number of hydrogen-bond acceptors (Lipinski definition) is 5. The topological polar surface area (TPSA) is 76.6 Å². The molecule has 0 radical (unpaired) electrons. The maximum atomic E-state index is 11.0. The molecule has 0 fully saturated rings. The van der Waals surface area contributed by atoms with E-state index in [-0.39, 0.29) is 11.7 Å². The molecule has 0 saturated heterocycles. The molecule has 1 aliphatic heterocycles. The lowest BCUT2D eigenvalue weighted by atomic mass is 9.99. The number of nitro benzene ring substituents is 1. The molecular weight excluding hydrogens is 342 g/mol. The fourth-order valence-electron chi connectivity index (χ4n) is 3.47. The molecule has 0 bridgehead atoms. The summed E-state index contributed by atoms with van der Waals surface area (Å²) in [7, 11) is 1.90. The molecule has 0 N–H and O–H groups in total. The van der Waals surface area contributed by atoms with Crippen LogP contribution in [0.4, 0.5) is 11.4 Å². The Hall–Kier alpha value is -3.48. The van der Waals surface area contributed by atoms with Crippen LogP contribution in [0, 0.1) is 17.0 Å². The zero-order valence-corrected chi connectivity index (χ0v) is 15.1. The van der Waals surface area contributed by atoms with Crippen molar-refractivity contribution in [2.75, 3.05) is 5.01 Å². The van der Waals surface area contributed by atoms with Crippen LogP contribution in [0.25, 0.3) is 0 Å². The predicted molar refractivity (Wildman–Crippen MR) is 104 cm³/mol. The highest BCUT2D eigenvalue weighted by Gasteiger charge is 2.32. The van der Waals surface area contributed by atoms with Gasteiger partial charge in [0, 0.05) is 37.4 Å². The smallest absolute Gasteiger partial charge is 0.269 e. The summed E-state index contributed by atoms with van der Waals surface area (Å²) < 4.78 is 1.80.